The first-order valence-electron chi connectivity index (χ1n) is 5.78. The lowest BCUT2D eigenvalue weighted by Crippen LogP contribution is -2.00. The zero-order valence-electron chi connectivity index (χ0n) is 9.57. The predicted molar refractivity (Wildman–Crippen MR) is 63.5 cm³/mol. The van der Waals surface area contributed by atoms with Gasteiger partial charge in [0.25, 0.3) is 0 Å². The first-order chi connectivity index (χ1) is 7.78. The number of hydrogen-bond donors (Lipinski definition) is 0. The number of rotatable bonds is 6. The topological polar surface area (TPSA) is 39.2 Å². The van der Waals surface area contributed by atoms with Gasteiger partial charge in [-0.05, 0) is 38.0 Å². The van der Waals surface area contributed by atoms with Gasteiger partial charge in [0.2, 0.25) is 0 Å². The molecule has 1 aliphatic carbocycles. The van der Waals surface area contributed by atoms with E-state index in [1.807, 2.05) is 0 Å². The molecule has 1 heterocycles. The van der Waals surface area contributed by atoms with Crippen LogP contribution in [0.4, 0.5) is 0 Å². The van der Waals surface area contributed by atoms with Gasteiger partial charge in [-0.15, -0.1) is 11.3 Å². The molecule has 0 atom stereocenters. The maximum absolute atomic E-state index is 10.9. The molecular formula is C12H17NO2S. The van der Waals surface area contributed by atoms with Gasteiger partial charge in [0.1, 0.15) is 0 Å². The lowest BCUT2D eigenvalue weighted by atomic mass is 10.2. The van der Waals surface area contributed by atoms with Crippen LogP contribution in [0.15, 0.2) is 5.38 Å². The van der Waals surface area contributed by atoms with Crippen molar-refractivity contribution in [3.63, 3.8) is 0 Å². The van der Waals surface area contributed by atoms with Crippen molar-refractivity contribution in [2.75, 3.05) is 7.11 Å². The Morgan fingerprint density at radius 2 is 2.44 bits per heavy atom. The standard InChI is InChI=1S/C12H17NO2S/c1-15-12(14)4-2-3-11-13-10(8-16-11)7-9-5-6-9/h8-9H,2-7H2,1H3. The van der Waals surface area contributed by atoms with Crippen LogP contribution in [-0.4, -0.2) is 18.1 Å². The van der Waals surface area contributed by atoms with Gasteiger partial charge in [-0.25, -0.2) is 4.98 Å². The van der Waals surface area contributed by atoms with Crippen molar-refractivity contribution in [1.29, 1.82) is 0 Å². The fourth-order valence-electron chi connectivity index (χ4n) is 1.66. The SMILES string of the molecule is COC(=O)CCCc1nc(CC2CC2)cs1. The van der Waals surface area contributed by atoms with Gasteiger partial charge in [-0.2, -0.15) is 0 Å². The molecule has 0 amide bonds. The van der Waals surface area contributed by atoms with Crippen LogP contribution in [0.5, 0.6) is 0 Å². The van der Waals surface area contributed by atoms with Crippen LogP contribution in [-0.2, 0) is 22.4 Å². The van der Waals surface area contributed by atoms with Crippen molar-refractivity contribution < 1.29 is 9.53 Å². The van der Waals surface area contributed by atoms with Crippen LogP contribution in [0.1, 0.15) is 36.4 Å². The van der Waals surface area contributed by atoms with Gasteiger partial charge < -0.3 is 4.74 Å². The third-order valence-corrected chi connectivity index (χ3v) is 3.75. The van der Waals surface area contributed by atoms with E-state index in [1.54, 1.807) is 11.3 Å². The summed E-state index contributed by atoms with van der Waals surface area (Å²) in [5, 5.41) is 3.31. The molecule has 0 saturated heterocycles. The molecule has 0 aromatic carbocycles. The number of carbonyl (C=O) groups excluding carboxylic acids is 1. The number of esters is 1. The van der Waals surface area contributed by atoms with Gasteiger partial charge in [0.15, 0.2) is 0 Å². The Hall–Kier alpha value is -0.900. The van der Waals surface area contributed by atoms with Crippen LogP contribution < -0.4 is 0 Å². The van der Waals surface area contributed by atoms with Gasteiger partial charge in [-0.3, -0.25) is 4.79 Å². The second-order valence-electron chi connectivity index (χ2n) is 4.31. The molecule has 1 aromatic rings. The zero-order valence-corrected chi connectivity index (χ0v) is 10.4. The molecular weight excluding hydrogens is 222 g/mol. The number of nitrogens with zero attached hydrogens (tertiary/aromatic N) is 1. The molecule has 4 heteroatoms. The highest BCUT2D eigenvalue weighted by Crippen LogP contribution is 2.32. The van der Waals surface area contributed by atoms with Gasteiger partial charge >= 0.3 is 5.97 Å². The normalized spacial score (nSPS) is 15.1. The van der Waals surface area contributed by atoms with Crippen LogP contribution in [0.25, 0.3) is 0 Å². The number of hydrogen-bond acceptors (Lipinski definition) is 4. The Morgan fingerprint density at radius 3 is 3.12 bits per heavy atom. The van der Waals surface area contributed by atoms with Gasteiger partial charge in [-0.1, -0.05) is 0 Å². The van der Waals surface area contributed by atoms with Crippen molar-refractivity contribution in [3.05, 3.63) is 16.1 Å². The molecule has 16 heavy (non-hydrogen) atoms. The summed E-state index contributed by atoms with van der Waals surface area (Å²) in [6.07, 6.45) is 6.11. The summed E-state index contributed by atoms with van der Waals surface area (Å²) in [6.45, 7) is 0. The fourth-order valence-corrected chi connectivity index (χ4v) is 2.51. The molecule has 0 aliphatic heterocycles. The summed E-state index contributed by atoms with van der Waals surface area (Å²) in [7, 11) is 1.43. The third kappa shape index (κ3) is 3.59. The summed E-state index contributed by atoms with van der Waals surface area (Å²) >= 11 is 1.72. The Labute approximate surface area is 99.8 Å². The largest absolute Gasteiger partial charge is 0.469 e. The Bertz CT molecular complexity index is 358. The first-order valence-corrected chi connectivity index (χ1v) is 6.66. The molecule has 0 unspecified atom stereocenters. The molecule has 0 N–H and O–H groups in total. The molecule has 2 rings (SSSR count). The van der Waals surface area contributed by atoms with Crippen molar-refractivity contribution in [2.45, 2.75) is 38.5 Å². The molecule has 0 spiro atoms. The molecule has 1 saturated carbocycles. The van der Waals surface area contributed by atoms with Crippen molar-refractivity contribution >= 4 is 17.3 Å². The lowest BCUT2D eigenvalue weighted by Gasteiger charge is -1.97. The number of thiazole rings is 1. The van der Waals surface area contributed by atoms with Gasteiger partial charge in [0.05, 0.1) is 17.8 Å². The van der Waals surface area contributed by atoms with Crippen LogP contribution >= 0.6 is 11.3 Å². The second kappa shape index (κ2) is 5.43. The van der Waals surface area contributed by atoms with Crippen LogP contribution in [0.3, 0.4) is 0 Å². The summed E-state index contributed by atoms with van der Waals surface area (Å²) in [5.41, 5.74) is 1.24. The quantitative estimate of drug-likeness (QED) is 0.716. The van der Waals surface area contributed by atoms with E-state index in [0.717, 1.165) is 30.2 Å². The van der Waals surface area contributed by atoms with E-state index in [2.05, 4.69) is 15.1 Å². The highest BCUT2D eigenvalue weighted by molar-refractivity contribution is 7.09. The average Bonchev–Trinajstić information content (AvgIpc) is 2.98. The summed E-state index contributed by atoms with van der Waals surface area (Å²) in [6, 6.07) is 0. The number of methoxy groups -OCH3 is 1. The monoisotopic (exact) mass is 239 g/mol. The number of aryl methyl sites for hydroxylation is 1. The maximum atomic E-state index is 10.9. The fraction of sp³-hybridized carbons (Fsp3) is 0.667. The number of ether oxygens (including phenoxy) is 1. The number of carbonyl (C=O) groups is 1. The molecule has 0 bridgehead atoms. The van der Waals surface area contributed by atoms with Crippen LogP contribution in [0.2, 0.25) is 0 Å². The summed E-state index contributed by atoms with van der Waals surface area (Å²) in [4.78, 5) is 15.5. The predicted octanol–water partition coefficient (Wildman–Crippen LogP) is 2.59. The van der Waals surface area contributed by atoms with Crippen molar-refractivity contribution in [3.8, 4) is 0 Å². The van der Waals surface area contributed by atoms with Crippen LogP contribution in [0, 0.1) is 5.92 Å². The first kappa shape index (κ1) is 11.6. The molecule has 3 nitrogen and oxygen atoms in total. The Morgan fingerprint density at radius 1 is 1.62 bits per heavy atom. The number of aromatic nitrogens is 1. The zero-order chi connectivity index (χ0) is 11.4. The Kier molecular flexibility index (Phi) is 3.93. The molecule has 1 fully saturated rings. The van der Waals surface area contributed by atoms with Crippen molar-refractivity contribution in [2.24, 2.45) is 5.92 Å². The molecule has 1 aromatic heterocycles. The molecule has 88 valence electrons. The van der Waals surface area contributed by atoms with Gasteiger partial charge in [0, 0.05) is 11.8 Å². The van der Waals surface area contributed by atoms with E-state index < -0.39 is 0 Å². The minimum absolute atomic E-state index is 0.130. The highest BCUT2D eigenvalue weighted by atomic mass is 32.1. The smallest absolute Gasteiger partial charge is 0.305 e. The Balaban J connectivity index is 1.71. The third-order valence-electron chi connectivity index (χ3n) is 2.79. The van der Waals surface area contributed by atoms with E-state index in [9.17, 15) is 4.79 Å². The molecule has 0 radical (unpaired) electrons. The van der Waals surface area contributed by atoms with E-state index in [0.29, 0.717) is 6.42 Å². The highest BCUT2D eigenvalue weighted by Gasteiger charge is 2.22. The van der Waals surface area contributed by atoms with E-state index in [1.165, 1.54) is 25.6 Å². The minimum atomic E-state index is -0.130. The average molecular weight is 239 g/mol. The van der Waals surface area contributed by atoms with Crippen molar-refractivity contribution in [1.82, 2.24) is 4.98 Å². The van der Waals surface area contributed by atoms with E-state index in [4.69, 9.17) is 0 Å². The summed E-state index contributed by atoms with van der Waals surface area (Å²) < 4.78 is 4.60. The summed E-state index contributed by atoms with van der Waals surface area (Å²) in [5.74, 6) is 0.764. The lowest BCUT2D eigenvalue weighted by molar-refractivity contribution is -0.140. The van der Waals surface area contributed by atoms with E-state index in [-0.39, 0.29) is 5.97 Å². The minimum Gasteiger partial charge on any atom is -0.469 e. The molecule has 1 aliphatic rings. The second-order valence-corrected chi connectivity index (χ2v) is 5.25. The van der Waals surface area contributed by atoms with E-state index >= 15 is 0 Å². The maximum Gasteiger partial charge on any atom is 0.305 e.